The first-order valence-electron chi connectivity index (χ1n) is 12.9. The van der Waals surface area contributed by atoms with E-state index in [1.807, 2.05) is 0 Å². The molecule has 216 valence electrons. The quantitative estimate of drug-likeness (QED) is 0.305. The SMILES string of the molecule is CCOC(=O)C1=C(C)N=c2s/c(=C\c3ccc(OC)c(COc4ccc(F)cc4F)c3)c(=O)n2C1c1ccc(O)cc1. The smallest absolute Gasteiger partial charge is 0.338 e. The summed E-state index contributed by atoms with van der Waals surface area (Å²) in [5.74, 6) is -1.70. The van der Waals surface area contributed by atoms with Gasteiger partial charge >= 0.3 is 5.97 Å². The summed E-state index contributed by atoms with van der Waals surface area (Å²) in [5, 5.41) is 9.83. The van der Waals surface area contributed by atoms with Gasteiger partial charge in [-0.05, 0) is 67.4 Å². The van der Waals surface area contributed by atoms with Crippen LogP contribution in [-0.2, 0) is 16.1 Å². The van der Waals surface area contributed by atoms with Gasteiger partial charge < -0.3 is 19.3 Å². The molecule has 5 rings (SSSR count). The zero-order valence-corrected chi connectivity index (χ0v) is 23.7. The summed E-state index contributed by atoms with van der Waals surface area (Å²) in [4.78, 5) is 31.8. The number of rotatable bonds is 8. The number of carbonyl (C=O) groups excluding carboxylic acids is 1. The Kier molecular flexibility index (Phi) is 8.21. The zero-order chi connectivity index (χ0) is 30.0. The predicted molar refractivity (Wildman–Crippen MR) is 152 cm³/mol. The van der Waals surface area contributed by atoms with E-state index >= 15 is 0 Å². The molecule has 0 saturated heterocycles. The van der Waals surface area contributed by atoms with Gasteiger partial charge in [-0.25, -0.2) is 18.6 Å². The van der Waals surface area contributed by atoms with E-state index in [0.29, 0.717) is 37.5 Å². The van der Waals surface area contributed by atoms with E-state index < -0.39 is 23.6 Å². The molecule has 2 heterocycles. The zero-order valence-electron chi connectivity index (χ0n) is 22.9. The first-order chi connectivity index (χ1) is 20.2. The van der Waals surface area contributed by atoms with Gasteiger partial charge in [-0.1, -0.05) is 29.5 Å². The number of carbonyl (C=O) groups is 1. The number of phenols is 1. The second-order valence-electron chi connectivity index (χ2n) is 9.33. The number of methoxy groups -OCH3 is 1. The number of nitrogens with zero attached hydrogens (tertiary/aromatic N) is 2. The molecule has 0 amide bonds. The molecule has 0 aliphatic carbocycles. The number of hydrogen-bond acceptors (Lipinski definition) is 8. The number of allylic oxidation sites excluding steroid dienone is 1. The number of phenolic OH excluding ortho intramolecular Hbond substituents is 1. The van der Waals surface area contributed by atoms with Crippen molar-refractivity contribution >= 4 is 23.4 Å². The molecule has 1 atom stereocenters. The number of aromatic nitrogens is 1. The van der Waals surface area contributed by atoms with Gasteiger partial charge in [0.15, 0.2) is 16.4 Å². The van der Waals surface area contributed by atoms with E-state index in [1.54, 1.807) is 50.3 Å². The molecule has 1 unspecified atom stereocenters. The van der Waals surface area contributed by atoms with Gasteiger partial charge in [-0.3, -0.25) is 9.36 Å². The number of esters is 1. The first kappa shape index (κ1) is 28.7. The van der Waals surface area contributed by atoms with Gasteiger partial charge in [-0.2, -0.15) is 0 Å². The molecule has 42 heavy (non-hydrogen) atoms. The van der Waals surface area contributed by atoms with Crippen molar-refractivity contribution < 1.29 is 32.9 Å². The van der Waals surface area contributed by atoms with Crippen LogP contribution in [0.3, 0.4) is 0 Å². The normalized spacial score (nSPS) is 14.8. The van der Waals surface area contributed by atoms with E-state index in [4.69, 9.17) is 14.2 Å². The molecule has 0 saturated carbocycles. The minimum atomic E-state index is -0.827. The Balaban J connectivity index is 1.57. The average Bonchev–Trinajstić information content (AvgIpc) is 3.26. The molecule has 1 aliphatic heterocycles. The summed E-state index contributed by atoms with van der Waals surface area (Å²) in [6, 6.07) is 13.7. The molecule has 4 aromatic rings. The van der Waals surface area contributed by atoms with Crippen molar-refractivity contribution in [3.63, 3.8) is 0 Å². The number of benzene rings is 3. The topological polar surface area (TPSA) is 99.4 Å². The Morgan fingerprint density at radius 1 is 1.10 bits per heavy atom. The molecular formula is C31H26F2N2O6S. The van der Waals surface area contributed by atoms with Gasteiger partial charge in [0.1, 0.15) is 23.9 Å². The molecule has 1 aromatic heterocycles. The molecule has 11 heteroatoms. The van der Waals surface area contributed by atoms with Gasteiger partial charge in [0.25, 0.3) is 5.56 Å². The number of aromatic hydroxyl groups is 1. The van der Waals surface area contributed by atoms with Crippen LogP contribution in [0.5, 0.6) is 17.2 Å². The van der Waals surface area contributed by atoms with Crippen molar-refractivity contribution in [2.75, 3.05) is 13.7 Å². The third kappa shape index (κ3) is 5.68. The van der Waals surface area contributed by atoms with Crippen LogP contribution in [0.4, 0.5) is 8.78 Å². The van der Waals surface area contributed by atoms with Crippen LogP contribution >= 0.6 is 11.3 Å². The monoisotopic (exact) mass is 592 g/mol. The maximum Gasteiger partial charge on any atom is 0.338 e. The third-order valence-electron chi connectivity index (χ3n) is 6.61. The Bertz CT molecular complexity index is 1880. The molecular weight excluding hydrogens is 566 g/mol. The minimum absolute atomic E-state index is 0.0472. The van der Waals surface area contributed by atoms with Crippen molar-refractivity contribution in [1.29, 1.82) is 0 Å². The summed E-state index contributed by atoms with van der Waals surface area (Å²) in [6.45, 7) is 3.47. The lowest BCUT2D eigenvalue weighted by molar-refractivity contribution is -0.139. The summed E-state index contributed by atoms with van der Waals surface area (Å²) in [6.07, 6.45) is 1.68. The van der Waals surface area contributed by atoms with E-state index in [-0.39, 0.29) is 35.8 Å². The number of fused-ring (bicyclic) bond motifs is 1. The highest BCUT2D eigenvalue weighted by Crippen LogP contribution is 2.31. The minimum Gasteiger partial charge on any atom is -0.508 e. The van der Waals surface area contributed by atoms with Crippen molar-refractivity contribution in [3.8, 4) is 17.2 Å². The van der Waals surface area contributed by atoms with Crippen LogP contribution in [0.25, 0.3) is 6.08 Å². The predicted octanol–water partition coefficient (Wildman–Crippen LogP) is 4.37. The lowest BCUT2D eigenvalue weighted by Crippen LogP contribution is -2.39. The number of ether oxygens (including phenoxy) is 3. The van der Waals surface area contributed by atoms with Gasteiger partial charge in [-0.15, -0.1) is 0 Å². The second-order valence-corrected chi connectivity index (χ2v) is 10.3. The second kappa shape index (κ2) is 12.0. The fourth-order valence-electron chi connectivity index (χ4n) is 4.66. The Morgan fingerprint density at radius 3 is 2.52 bits per heavy atom. The summed E-state index contributed by atoms with van der Waals surface area (Å²) in [7, 11) is 1.49. The van der Waals surface area contributed by atoms with Crippen molar-refractivity contribution in [2.24, 2.45) is 4.99 Å². The number of thiazole rings is 1. The maximum absolute atomic E-state index is 14.1. The number of hydrogen-bond donors (Lipinski definition) is 1. The standard InChI is InChI=1S/C31H26F2N2O6S/c1-4-40-30(38)27-17(2)34-31-35(28(27)19-6-9-22(36)10-7-19)29(37)26(42-31)14-18-5-11-24(39-3)20(13-18)16-41-25-12-8-21(32)15-23(25)33/h5-15,28,36H,4,16H2,1-3H3/b26-14-. The van der Waals surface area contributed by atoms with Crippen LogP contribution in [0.15, 0.2) is 81.7 Å². The fourth-order valence-corrected chi connectivity index (χ4v) is 5.71. The van der Waals surface area contributed by atoms with Crippen LogP contribution in [-0.4, -0.2) is 29.4 Å². The average molecular weight is 593 g/mol. The van der Waals surface area contributed by atoms with Crippen molar-refractivity contribution in [2.45, 2.75) is 26.5 Å². The molecule has 0 radical (unpaired) electrons. The Labute approximate surface area is 243 Å². The van der Waals surface area contributed by atoms with Crippen LogP contribution in [0.2, 0.25) is 0 Å². The first-order valence-corrected chi connectivity index (χ1v) is 13.7. The molecule has 3 aromatic carbocycles. The van der Waals surface area contributed by atoms with Crippen LogP contribution in [0, 0.1) is 11.6 Å². The lowest BCUT2D eigenvalue weighted by atomic mass is 9.96. The van der Waals surface area contributed by atoms with Gasteiger partial charge in [0.2, 0.25) is 0 Å². The van der Waals surface area contributed by atoms with Gasteiger partial charge in [0, 0.05) is 11.6 Å². The molecule has 1 aliphatic rings. The van der Waals surface area contributed by atoms with E-state index in [2.05, 4.69) is 4.99 Å². The lowest BCUT2D eigenvalue weighted by Gasteiger charge is -2.24. The van der Waals surface area contributed by atoms with E-state index in [9.17, 15) is 23.5 Å². The maximum atomic E-state index is 14.1. The highest BCUT2D eigenvalue weighted by Gasteiger charge is 2.33. The molecule has 0 fully saturated rings. The van der Waals surface area contributed by atoms with Crippen LogP contribution < -0.4 is 24.4 Å². The fraction of sp³-hybridized carbons (Fsp3) is 0.194. The van der Waals surface area contributed by atoms with Gasteiger partial charge in [0.05, 0.1) is 35.6 Å². The highest BCUT2D eigenvalue weighted by molar-refractivity contribution is 7.07. The molecule has 0 bridgehead atoms. The summed E-state index contributed by atoms with van der Waals surface area (Å²) in [5.41, 5.74) is 2.12. The Morgan fingerprint density at radius 2 is 1.83 bits per heavy atom. The molecule has 0 spiro atoms. The third-order valence-corrected chi connectivity index (χ3v) is 7.59. The number of halogens is 2. The van der Waals surface area contributed by atoms with E-state index in [0.717, 1.165) is 23.5 Å². The molecule has 1 N–H and O–H groups in total. The van der Waals surface area contributed by atoms with Crippen molar-refractivity contribution in [3.05, 3.63) is 120 Å². The highest BCUT2D eigenvalue weighted by atomic mass is 32.1. The largest absolute Gasteiger partial charge is 0.508 e. The van der Waals surface area contributed by atoms with Crippen LogP contribution in [0.1, 0.15) is 36.6 Å². The summed E-state index contributed by atoms with van der Waals surface area (Å²) >= 11 is 1.16. The van der Waals surface area contributed by atoms with E-state index in [1.165, 1.54) is 29.9 Å². The summed E-state index contributed by atoms with van der Waals surface area (Å²) < 4.78 is 45.5. The Hall–Kier alpha value is -4.77. The van der Waals surface area contributed by atoms with Crippen molar-refractivity contribution in [1.82, 2.24) is 4.57 Å². The molecule has 8 nitrogen and oxygen atoms in total.